The molecule has 68 valence electrons. The molecule has 2 nitrogen and oxygen atoms in total. The predicted octanol–water partition coefficient (Wildman–Crippen LogP) is 2.56. The lowest BCUT2D eigenvalue weighted by Crippen LogP contribution is -1.90. The lowest BCUT2D eigenvalue weighted by Gasteiger charge is -1.99. The molecule has 1 aromatic rings. The second kappa shape index (κ2) is 5.52. The first-order chi connectivity index (χ1) is 5.74. The maximum Gasteiger partial charge on any atom is 0.215 e. The van der Waals surface area contributed by atoms with Crippen molar-refractivity contribution in [2.75, 3.05) is 7.11 Å². The Labute approximate surface area is 72.4 Å². The summed E-state index contributed by atoms with van der Waals surface area (Å²) in [6, 6.07) is 1.60. The SMILES string of the molecule is CC.COc1cnc(F)c(C)c1. The molecule has 0 aliphatic carbocycles. The summed E-state index contributed by atoms with van der Waals surface area (Å²) in [5.74, 6) is 0.139. The van der Waals surface area contributed by atoms with Crippen LogP contribution in [0.25, 0.3) is 0 Å². The Morgan fingerprint density at radius 1 is 1.42 bits per heavy atom. The first-order valence-corrected chi connectivity index (χ1v) is 3.90. The summed E-state index contributed by atoms with van der Waals surface area (Å²) in [5, 5.41) is 0. The fourth-order valence-electron chi connectivity index (χ4n) is 0.644. The quantitative estimate of drug-likeness (QED) is 0.606. The molecular weight excluding hydrogens is 157 g/mol. The Bertz CT molecular complexity index is 238. The highest BCUT2D eigenvalue weighted by molar-refractivity contribution is 5.22. The molecule has 0 aromatic carbocycles. The summed E-state index contributed by atoms with van der Waals surface area (Å²) in [5.41, 5.74) is 0.499. The third-order valence-electron chi connectivity index (χ3n) is 1.23. The van der Waals surface area contributed by atoms with Gasteiger partial charge in [-0.3, -0.25) is 0 Å². The average molecular weight is 171 g/mol. The molecule has 0 saturated carbocycles. The molecule has 12 heavy (non-hydrogen) atoms. The number of methoxy groups -OCH3 is 1. The molecule has 0 spiro atoms. The summed E-state index contributed by atoms with van der Waals surface area (Å²) >= 11 is 0. The highest BCUT2D eigenvalue weighted by atomic mass is 19.1. The number of hydrogen-bond acceptors (Lipinski definition) is 2. The maximum atomic E-state index is 12.5. The van der Waals surface area contributed by atoms with Crippen LogP contribution >= 0.6 is 0 Å². The molecule has 1 rings (SSSR count). The van der Waals surface area contributed by atoms with E-state index in [4.69, 9.17) is 4.74 Å². The van der Waals surface area contributed by atoms with Gasteiger partial charge in [-0.25, -0.2) is 4.98 Å². The normalized spacial score (nSPS) is 8.42. The molecular formula is C9H14FNO. The Balaban J connectivity index is 0.000000561. The van der Waals surface area contributed by atoms with E-state index in [0.717, 1.165) is 0 Å². The molecule has 0 fully saturated rings. The molecule has 1 heterocycles. The van der Waals surface area contributed by atoms with Crippen LogP contribution in [0.15, 0.2) is 12.3 Å². The highest BCUT2D eigenvalue weighted by Gasteiger charge is 1.98. The van der Waals surface area contributed by atoms with Crippen molar-refractivity contribution >= 4 is 0 Å². The van der Waals surface area contributed by atoms with Crippen LogP contribution in [-0.4, -0.2) is 12.1 Å². The topological polar surface area (TPSA) is 22.1 Å². The molecule has 0 aliphatic heterocycles. The number of ether oxygens (including phenoxy) is 1. The molecule has 0 atom stereocenters. The van der Waals surface area contributed by atoms with E-state index < -0.39 is 5.95 Å². The first-order valence-electron chi connectivity index (χ1n) is 3.90. The summed E-state index contributed by atoms with van der Waals surface area (Å²) < 4.78 is 17.3. The molecule has 0 amide bonds. The molecule has 0 unspecified atom stereocenters. The van der Waals surface area contributed by atoms with E-state index in [0.29, 0.717) is 11.3 Å². The number of aromatic nitrogens is 1. The van der Waals surface area contributed by atoms with Crippen LogP contribution in [0, 0.1) is 12.9 Å². The third kappa shape index (κ3) is 2.86. The third-order valence-corrected chi connectivity index (χ3v) is 1.23. The Kier molecular flexibility index (Phi) is 5.00. The number of aryl methyl sites for hydroxylation is 1. The number of halogens is 1. The first kappa shape index (κ1) is 10.9. The van der Waals surface area contributed by atoms with Gasteiger partial charge >= 0.3 is 0 Å². The van der Waals surface area contributed by atoms with E-state index in [1.807, 2.05) is 13.8 Å². The Morgan fingerprint density at radius 3 is 2.42 bits per heavy atom. The van der Waals surface area contributed by atoms with Crippen molar-refractivity contribution in [2.45, 2.75) is 20.8 Å². The van der Waals surface area contributed by atoms with Crippen LogP contribution in [0.5, 0.6) is 5.75 Å². The molecule has 0 radical (unpaired) electrons. The minimum atomic E-state index is -0.444. The zero-order valence-electron chi connectivity index (χ0n) is 7.89. The minimum Gasteiger partial charge on any atom is -0.495 e. The molecule has 3 heteroatoms. The number of rotatable bonds is 1. The largest absolute Gasteiger partial charge is 0.495 e. The standard InChI is InChI=1S/C7H8FNO.C2H6/c1-5-3-6(10-2)4-9-7(5)8;1-2/h3-4H,1-2H3;1-2H3. The molecule has 0 aliphatic rings. The van der Waals surface area contributed by atoms with Gasteiger partial charge < -0.3 is 4.74 Å². The van der Waals surface area contributed by atoms with Crippen LogP contribution < -0.4 is 4.74 Å². The van der Waals surface area contributed by atoms with Gasteiger partial charge in [0, 0.05) is 5.56 Å². The number of nitrogens with zero attached hydrogens (tertiary/aromatic N) is 1. The van der Waals surface area contributed by atoms with E-state index in [1.54, 1.807) is 13.0 Å². The zero-order chi connectivity index (χ0) is 9.56. The van der Waals surface area contributed by atoms with Crippen molar-refractivity contribution in [1.29, 1.82) is 0 Å². The van der Waals surface area contributed by atoms with Gasteiger partial charge in [0.1, 0.15) is 5.75 Å². The van der Waals surface area contributed by atoms with Crippen molar-refractivity contribution in [3.8, 4) is 5.75 Å². The van der Waals surface area contributed by atoms with Crippen LogP contribution in [0.2, 0.25) is 0 Å². The van der Waals surface area contributed by atoms with Crippen molar-refractivity contribution in [3.63, 3.8) is 0 Å². The smallest absolute Gasteiger partial charge is 0.215 e. The van der Waals surface area contributed by atoms with Gasteiger partial charge in [0.2, 0.25) is 5.95 Å². The molecule has 0 bridgehead atoms. The lowest BCUT2D eigenvalue weighted by molar-refractivity contribution is 0.409. The van der Waals surface area contributed by atoms with Crippen molar-refractivity contribution in [3.05, 3.63) is 23.8 Å². The van der Waals surface area contributed by atoms with Gasteiger partial charge in [0.05, 0.1) is 13.3 Å². The lowest BCUT2D eigenvalue weighted by atomic mass is 10.3. The Hall–Kier alpha value is -1.12. The molecule has 1 aromatic heterocycles. The summed E-state index contributed by atoms with van der Waals surface area (Å²) in [6.07, 6.45) is 1.35. The predicted molar refractivity (Wildman–Crippen MR) is 46.8 cm³/mol. The highest BCUT2D eigenvalue weighted by Crippen LogP contribution is 2.11. The molecule has 0 saturated heterocycles. The van der Waals surface area contributed by atoms with E-state index in [9.17, 15) is 4.39 Å². The van der Waals surface area contributed by atoms with Crippen molar-refractivity contribution in [2.24, 2.45) is 0 Å². The van der Waals surface area contributed by atoms with Crippen molar-refractivity contribution in [1.82, 2.24) is 4.98 Å². The van der Waals surface area contributed by atoms with Gasteiger partial charge in [-0.1, -0.05) is 13.8 Å². The second-order valence-electron chi connectivity index (χ2n) is 1.98. The summed E-state index contributed by atoms with van der Waals surface area (Å²) in [4.78, 5) is 3.46. The maximum absolute atomic E-state index is 12.5. The summed E-state index contributed by atoms with van der Waals surface area (Å²) in [6.45, 7) is 5.64. The van der Waals surface area contributed by atoms with Crippen molar-refractivity contribution < 1.29 is 9.13 Å². The van der Waals surface area contributed by atoms with Crippen LogP contribution in [0.4, 0.5) is 4.39 Å². The molecule has 0 N–H and O–H groups in total. The number of hydrogen-bond donors (Lipinski definition) is 0. The average Bonchev–Trinajstić information content (AvgIpc) is 2.13. The monoisotopic (exact) mass is 171 g/mol. The van der Waals surface area contributed by atoms with E-state index in [2.05, 4.69) is 4.98 Å². The second-order valence-corrected chi connectivity index (χ2v) is 1.98. The van der Waals surface area contributed by atoms with Gasteiger partial charge in [-0.15, -0.1) is 0 Å². The minimum absolute atomic E-state index is 0.444. The Morgan fingerprint density at radius 2 is 2.00 bits per heavy atom. The summed E-state index contributed by atoms with van der Waals surface area (Å²) in [7, 11) is 1.52. The van der Waals surface area contributed by atoms with Gasteiger partial charge in [-0.2, -0.15) is 4.39 Å². The van der Waals surface area contributed by atoms with Gasteiger partial charge in [-0.05, 0) is 13.0 Å². The van der Waals surface area contributed by atoms with E-state index >= 15 is 0 Å². The van der Waals surface area contributed by atoms with E-state index in [1.165, 1.54) is 13.3 Å². The van der Waals surface area contributed by atoms with Crippen LogP contribution in [0.1, 0.15) is 19.4 Å². The van der Waals surface area contributed by atoms with Crippen LogP contribution in [0.3, 0.4) is 0 Å². The zero-order valence-corrected chi connectivity index (χ0v) is 7.89. The van der Waals surface area contributed by atoms with Gasteiger partial charge in [0.25, 0.3) is 0 Å². The number of pyridine rings is 1. The van der Waals surface area contributed by atoms with E-state index in [-0.39, 0.29) is 0 Å². The van der Waals surface area contributed by atoms with Crippen LogP contribution in [-0.2, 0) is 0 Å². The van der Waals surface area contributed by atoms with Gasteiger partial charge in [0.15, 0.2) is 0 Å². The fourth-order valence-corrected chi connectivity index (χ4v) is 0.644. The fraction of sp³-hybridized carbons (Fsp3) is 0.444.